The Kier molecular flexibility index (Phi) is 8.28. The zero-order valence-corrected chi connectivity index (χ0v) is 15.0. The van der Waals surface area contributed by atoms with Crippen LogP contribution >= 0.6 is 12.4 Å². The molecule has 1 aromatic rings. The van der Waals surface area contributed by atoms with Crippen LogP contribution < -0.4 is 16.4 Å². The molecule has 1 heterocycles. The number of hydrogen-bond donors (Lipinski definition) is 3. The van der Waals surface area contributed by atoms with Gasteiger partial charge in [-0.15, -0.1) is 12.4 Å². The number of unbranched alkanes of at least 4 members (excludes halogenated alkanes) is 1. The molecule has 0 aliphatic heterocycles. The second-order valence-electron chi connectivity index (χ2n) is 6.21. The van der Waals surface area contributed by atoms with E-state index in [1.807, 2.05) is 0 Å². The van der Waals surface area contributed by atoms with Gasteiger partial charge in [0.05, 0.1) is 12.1 Å². The van der Waals surface area contributed by atoms with E-state index in [9.17, 15) is 9.59 Å². The van der Waals surface area contributed by atoms with Crippen LogP contribution in [0.3, 0.4) is 0 Å². The van der Waals surface area contributed by atoms with E-state index in [1.165, 1.54) is 6.26 Å². The van der Waals surface area contributed by atoms with E-state index in [1.54, 1.807) is 6.07 Å². The highest BCUT2D eigenvalue weighted by Crippen LogP contribution is 2.29. The van der Waals surface area contributed by atoms with Gasteiger partial charge in [0.1, 0.15) is 17.6 Å². The Morgan fingerprint density at radius 1 is 1.29 bits per heavy atom. The fourth-order valence-corrected chi connectivity index (χ4v) is 3.01. The first-order chi connectivity index (χ1) is 11.1. The third-order valence-corrected chi connectivity index (χ3v) is 4.43. The number of nitrogens with one attached hydrogen (secondary N) is 2. The van der Waals surface area contributed by atoms with E-state index in [0.717, 1.165) is 32.1 Å². The Labute approximate surface area is 149 Å². The molecule has 0 aromatic carbocycles. The number of carbonyl (C=O) groups is 2. The predicted octanol–water partition coefficient (Wildman–Crippen LogP) is 2.51. The van der Waals surface area contributed by atoms with Gasteiger partial charge < -0.3 is 20.8 Å². The lowest BCUT2D eigenvalue weighted by Crippen LogP contribution is -2.59. The Balaban J connectivity index is 0.00000288. The maximum absolute atomic E-state index is 12.7. The van der Waals surface area contributed by atoms with E-state index in [2.05, 4.69) is 17.6 Å². The van der Waals surface area contributed by atoms with Crippen molar-refractivity contribution in [1.82, 2.24) is 10.6 Å². The Morgan fingerprint density at radius 2 is 2.00 bits per heavy atom. The van der Waals surface area contributed by atoms with E-state index in [4.69, 9.17) is 10.2 Å². The summed E-state index contributed by atoms with van der Waals surface area (Å²) in [5.74, 6) is 0.211. The van der Waals surface area contributed by atoms with Crippen LogP contribution in [0.5, 0.6) is 0 Å². The molecule has 0 unspecified atom stereocenters. The molecule has 24 heavy (non-hydrogen) atoms. The van der Waals surface area contributed by atoms with Crippen LogP contribution in [0, 0.1) is 0 Å². The first-order valence-corrected chi connectivity index (χ1v) is 8.49. The van der Waals surface area contributed by atoms with Gasteiger partial charge in [-0.2, -0.15) is 0 Å². The predicted molar refractivity (Wildman–Crippen MR) is 95.0 cm³/mol. The lowest BCUT2D eigenvalue weighted by molar-refractivity contribution is -0.128. The molecule has 136 valence electrons. The maximum Gasteiger partial charge on any atom is 0.255 e. The van der Waals surface area contributed by atoms with Crippen LogP contribution in [-0.4, -0.2) is 23.9 Å². The zero-order chi connectivity index (χ0) is 16.7. The third-order valence-electron chi connectivity index (χ3n) is 4.43. The van der Waals surface area contributed by atoms with Crippen molar-refractivity contribution < 1.29 is 14.0 Å². The lowest BCUT2D eigenvalue weighted by atomic mass is 9.80. The third kappa shape index (κ3) is 4.98. The van der Waals surface area contributed by atoms with Gasteiger partial charge in [0.15, 0.2) is 0 Å². The van der Waals surface area contributed by atoms with Crippen LogP contribution in [-0.2, 0) is 11.3 Å². The molecule has 0 spiro atoms. The molecule has 2 rings (SSSR count). The number of nitrogens with two attached hydrogens (primary N) is 1. The Morgan fingerprint density at radius 3 is 2.58 bits per heavy atom. The van der Waals surface area contributed by atoms with E-state index in [0.29, 0.717) is 30.7 Å². The summed E-state index contributed by atoms with van der Waals surface area (Å²) in [5.41, 5.74) is 5.11. The van der Waals surface area contributed by atoms with Gasteiger partial charge in [-0.1, -0.05) is 32.6 Å². The largest absolute Gasteiger partial charge is 0.467 e. The van der Waals surface area contributed by atoms with Crippen molar-refractivity contribution in [2.75, 3.05) is 6.54 Å². The maximum atomic E-state index is 12.7. The molecular weight excluding hydrogens is 330 g/mol. The van der Waals surface area contributed by atoms with Crippen molar-refractivity contribution in [3.05, 3.63) is 23.7 Å². The molecule has 1 aromatic heterocycles. The quantitative estimate of drug-likeness (QED) is 0.653. The van der Waals surface area contributed by atoms with Gasteiger partial charge in [-0.3, -0.25) is 9.59 Å². The molecule has 1 aliphatic rings. The van der Waals surface area contributed by atoms with Gasteiger partial charge >= 0.3 is 0 Å². The molecule has 6 nitrogen and oxygen atoms in total. The van der Waals surface area contributed by atoms with Gasteiger partial charge in [0.25, 0.3) is 5.91 Å². The molecule has 4 N–H and O–H groups in total. The smallest absolute Gasteiger partial charge is 0.255 e. The van der Waals surface area contributed by atoms with Gasteiger partial charge in [0, 0.05) is 6.54 Å². The molecule has 1 aliphatic carbocycles. The minimum absolute atomic E-state index is 0. The molecule has 1 saturated carbocycles. The number of halogens is 1. The lowest BCUT2D eigenvalue weighted by Gasteiger charge is -2.36. The summed E-state index contributed by atoms with van der Waals surface area (Å²) in [6.07, 6.45) is 7.71. The Bertz CT molecular complexity index is 539. The Hall–Kier alpha value is -1.53. The average Bonchev–Trinajstić information content (AvgIpc) is 3.05. The monoisotopic (exact) mass is 357 g/mol. The van der Waals surface area contributed by atoms with Crippen molar-refractivity contribution in [2.24, 2.45) is 5.73 Å². The summed E-state index contributed by atoms with van der Waals surface area (Å²) in [7, 11) is 0. The average molecular weight is 358 g/mol. The number of hydrogen-bond acceptors (Lipinski definition) is 4. The van der Waals surface area contributed by atoms with Crippen LogP contribution in [0.2, 0.25) is 0 Å². The van der Waals surface area contributed by atoms with Gasteiger partial charge in [-0.05, 0) is 25.3 Å². The molecular formula is C17H28ClN3O3. The van der Waals surface area contributed by atoms with Crippen molar-refractivity contribution in [3.8, 4) is 0 Å². The van der Waals surface area contributed by atoms with Gasteiger partial charge in [-0.25, -0.2) is 0 Å². The number of furan rings is 1. The second kappa shape index (κ2) is 9.69. The van der Waals surface area contributed by atoms with E-state index < -0.39 is 5.54 Å². The van der Waals surface area contributed by atoms with Crippen LogP contribution in [0.1, 0.15) is 68.0 Å². The minimum Gasteiger partial charge on any atom is -0.467 e. The highest BCUT2D eigenvalue weighted by molar-refractivity contribution is 5.99. The summed E-state index contributed by atoms with van der Waals surface area (Å²) >= 11 is 0. The highest BCUT2D eigenvalue weighted by atomic mass is 35.5. The molecule has 7 heteroatoms. The molecule has 0 radical (unpaired) electrons. The number of carbonyl (C=O) groups excluding carboxylic acids is 2. The van der Waals surface area contributed by atoms with E-state index >= 15 is 0 Å². The summed E-state index contributed by atoms with van der Waals surface area (Å²) in [6.45, 7) is 2.98. The second-order valence-corrected chi connectivity index (χ2v) is 6.21. The van der Waals surface area contributed by atoms with Crippen molar-refractivity contribution in [3.63, 3.8) is 0 Å². The normalized spacial score (nSPS) is 16.1. The first-order valence-electron chi connectivity index (χ1n) is 8.49. The summed E-state index contributed by atoms with van der Waals surface area (Å²) in [4.78, 5) is 25.1. The summed E-state index contributed by atoms with van der Waals surface area (Å²) in [5, 5.41) is 5.93. The summed E-state index contributed by atoms with van der Waals surface area (Å²) < 4.78 is 5.21. The molecule has 0 saturated heterocycles. The number of amides is 2. The molecule has 2 amide bonds. The van der Waals surface area contributed by atoms with Crippen LogP contribution in [0.15, 0.2) is 16.7 Å². The molecule has 0 bridgehead atoms. The topological polar surface area (TPSA) is 97.4 Å². The fraction of sp³-hybridized carbons (Fsp3) is 0.647. The van der Waals surface area contributed by atoms with Crippen molar-refractivity contribution in [1.29, 1.82) is 0 Å². The SMILES string of the molecule is CCCCNC(=O)C1(NC(=O)c2coc(CN)c2)CCCCC1.Cl. The van der Waals surface area contributed by atoms with Crippen LogP contribution in [0.25, 0.3) is 0 Å². The van der Waals surface area contributed by atoms with E-state index in [-0.39, 0.29) is 30.8 Å². The molecule has 0 atom stereocenters. The first kappa shape index (κ1) is 20.5. The standard InChI is InChI=1S/C17H27N3O3.ClH/c1-2-3-9-19-16(22)17(7-5-4-6-8-17)20-15(21)13-10-14(11-18)23-12-13;/h10,12H,2-9,11,18H2,1H3,(H,19,22)(H,20,21);1H. The zero-order valence-electron chi connectivity index (χ0n) is 14.2. The molecule has 1 fully saturated rings. The van der Waals surface area contributed by atoms with Crippen LogP contribution in [0.4, 0.5) is 0 Å². The highest BCUT2D eigenvalue weighted by Gasteiger charge is 2.40. The summed E-state index contributed by atoms with van der Waals surface area (Å²) in [6, 6.07) is 1.63. The fourth-order valence-electron chi connectivity index (χ4n) is 3.01. The van der Waals surface area contributed by atoms with Crippen molar-refractivity contribution >= 4 is 24.2 Å². The van der Waals surface area contributed by atoms with Gasteiger partial charge in [0.2, 0.25) is 5.91 Å². The van der Waals surface area contributed by atoms with Crippen molar-refractivity contribution in [2.45, 2.75) is 64.0 Å². The minimum atomic E-state index is -0.802. The number of rotatable bonds is 7.